The molecule has 0 aromatic heterocycles. The Morgan fingerprint density at radius 1 is 1.12 bits per heavy atom. The molecule has 0 unspecified atom stereocenters. The van der Waals surface area contributed by atoms with Crippen LogP contribution < -0.4 is 15.0 Å². The number of hydrogen-bond acceptors (Lipinski definition) is 5. The van der Waals surface area contributed by atoms with E-state index in [2.05, 4.69) is 10.3 Å². The molecule has 126 valence electrons. The van der Waals surface area contributed by atoms with Crippen molar-refractivity contribution in [2.45, 2.75) is 0 Å². The minimum atomic E-state index is -1.07. The molecule has 0 bridgehead atoms. The van der Waals surface area contributed by atoms with Crippen LogP contribution in [0.3, 0.4) is 0 Å². The van der Waals surface area contributed by atoms with Crippen molar-refractivity contribution in [1.29, 1.82) is 0 Å². The molecule has 6 nitrogen and oxygen atoms in total. The summed E-state index contributed by atoms with van der Waals surface area (Å²) in [5.74, 6) is -1.46. The van der Waals surface area contributed by atoms with Gasteiger partial charge in [0.05, 0.1) is 12.8 Å². The van der Waals surface area contributed by atoms with Crippen molar-refractivity contribution in [1.82, 2.24) is 5.32 Å². The van der Waals surface area contributed by atoms with Gasteiger partial charge in [-0.25, -0.2) is 0 Å². The molecule has 1 saturated heterocycles. The summed E-state index contributed by atoms with van der Waals surface area (Å²) in [5, 5.41) is 2.61. The van der Waals surface area contributed by atoms with E-state index in [0.29, 0.717) is 17.1 Å². The second kappa shape index (κ2) is 7.23. The van der Waals surface area contributed by atoms with E-state index in [1.165, 1.54) is 18.2 Å². The Morgan fingerprint density at radius 2 is 1.80 bits per heavy atom. The Labute approximate surface area is 150 Å². The van der Waals surface area contributed by atoms with E-state index in [1.807, 2.05) is 12.1 Å². The number of amides is 2. The third-order valence-corrected chi connectivity index (χ3v) is 3.95. The Hall–Kier alpha value is -3.06. The second-order valence-electron chi connectivity index (χ2n) is 5.23. The fraction of sp³-hybridized carbons (Fsp3) is 0.111. The van der Waals surface area contributed by atoms with Gasteiger partial charge < -0.3 is 10.1 Å². The number of ether oxygens (including phenoxy) is 1. The highest BCUT2D eigenvalue weighted by Gasteiger charge is 2.38. The van der Waals surface area contributed by atoms with Gasteiger partial charge in [0, 0.05) is 6.21 Å². The maximum Gasteiger partial charge on any atom is 0.251 e. The zero-order valence-corrected chi connectivity index (χ0v) is 14.2. The largest absolute Gasteiger partial charge is 0.494 e. The lowest BCUT2D eigenvalue weighted by molar-refractivity contribution is -0.130. The number of thiocarbonyl (C=S) groups is 1. The van der Waals surface area contributed by atoms with Gasteiger partial charge in [-0.05, 0) is 36.5 Å². The van der Waals surface area contributed by atoms with E-state index >= 15 is 0 Å². The van der Waals surface area contributed by atoms with Gasteiger partial charge in [-0.15, -0.1) is 0 Å². The number of benzene rings is 2. The van der Waals surface area contributed by atoms with Crippen LogP contribution in [-0.2, 0) is 9.59 Å². The number of rotatable bonds is 4. The summed E-state index contributed by atoms with van der Waals surface area (Å²) >= 11 is 5.14. The van der Waals surface area contributed by atoms with Crippen LogP contribution in [-0.4, -0.2) is 30.3 Å². The monoisotopic (exact) mass is 353 g/mol. The predicted octanol–water partition coefficient (Wildman–Crippen LogP) is 2.46. The topological polar surface area (TPSA) is 71.0 Å². The van der Waals surface area contributed by atoms with Crippen LogP contribution in [0.1, 0.15) is 0 Å². The van der Waals surface area contributed by atoms with Crippen LogP contribution in [0.2, 0.25) is 0 Å². The maximum atomic E-state index is 12.8. The molecular formula is C18H15N3O3S. The first-order chi connectivity index (χ1) is 12.1. The lowest BCUT2D eigenvalue weighted by atomic mass is 10.1. The summed E-state index contributed by atoms with van der Waals surface area (Å²) in [6.45, 7) is 0. The van der Waals surface area contributed by atoms with Gasteiger partial charge in [0.15, 0.2) is 11.0 Å². The van der Waals surface area contributed by atoms with Crippen LogP contribution in [0, 0.1) is 5.92 Å². The first kappa shape index (κ1) is 16.8. The number of nitrogens with one attached hydrogen (secondary N) is 1. The number of para-hydroxylation sites is 3. The van der Waals surface area contributed by atoms with Crippen LogP contribution in [0.4, 0.5) is 11.4 Å². The van der Waals surface area contributed by atoms with Crippen LogP contribution in [0.15, 0.2) is 59.6 Å². The van der Waals surface area contributed by atoms with Crippen molar-refractivity contribution in [2.24, 2.45) is 10.9 Å². The highest BCUT2D eigenvalue weighted by atomic mass is 32.1. The first-order valence-electron chi connectivity index (χ1n) is 7.53. The minimum absolute atomic E-state index is 0.0585. The number of hydrogen-bond donors (Lipinski definition) is 1. The standard InChI is InChI=1S/C18H15N3O3S/c1-24-15-10-6-5-9-14(15)19-11-13-16(22)20-18(25)21(17(13)23)12-7-3-2-4-8-12/h2-11,13H,1H3,(H,20,22,25)/t13-/m0/s1. The normalized spacial score (nSPS) is 17.7. The van der Waals surface area contributed by atoms with Crippen LogP contribution >= 0.6 is 12.2 Å². The second-order valence-corrected chi connectivity index (χ2v) is 5.62. The summed E-state index contributed by atoms with van der Waals surface area (Å²) < 4.78 is 5.22. The number of carbonyl (C=O) groups excluding carboxylic acids is 2. The Morgan fingerprint density at radius 3 is 2.52 bits per heavy atom. The third-order valence-electron chi connectivity index (χ3n) is 3.66. The number of nitrogens with zero attached hydrogens (tertiary/aromatic N) is 2. The number of anilines is 1. The molecular weight excluding hydrogens is 338 g/mol. The molecule has 2 aromatic carbocycles. The molecule has 1 aliphatic rings. The van der Waals surface area contributed by atoms with Crippen LogP contribution in [0.25, 0.3) is 0 Å². The molecule has 0 aliphatic carbocycles. The van der Waals surface area contributed by atoms with Crippen molar-refractivity contribution in [3.8, 4) is 5.75 Å². The van der Waals surface area contributed by atoms with Gasteiger partial charge in [-0.3, -0.25) is 19.5 Å². The van der Waals surface area contributed by atoms with E-state index in [0.717, 1.165) is 0 Å². The Bertz CT molecular complexity index is 852. The molecule has 2 amide bonds. The fourth-order valence-electron chi connectivity index (χ4n) is 2.43. The van der Waals surface area contributed by atoms with Crippen molar-refractivity contribution in [3.63, 3.8) is 0 Å². The summed E-state index contributed by atoms with van der Waals surface area (Å²) in [7, 11) is 1.53. The summed E-state index contributed by atoms with van der Waals surface area (Å²) in [6, 6.07) is 16.0. The van der Waals surface area contributed by atoms with E-state index in [-0.39, 0.29) is 5.11 Å². The lowest BCUT2D eigenvalue weighted by Gasteiger charge is -2.30. The SMILES string of the molecule is COc1ccccc1N=C[C@H]1C(=O)NC(=S)N(c2ccccc2)C1=O. The van der Waals surface area contributed by atoms with Crippen molar-refractivity contribution < 1.29 is 14.3 Å². The summed E-state index contributed by atoms with van der Waals surface area (Å²) in [4.78, 5) is 30.5. The average Bonchev–Trinajstić information content (AvgIpc) is 2.62. The third kappa shape index (κ3) is 3.41. The van der Waals surface area contributed by atoms with E-state index in [9.17, 15) is 9.59 Å². The number of aliphatic imine (C=N–C) groups is 1. The molecule has 7 heteroatoms. The quantitative estimate of drug-likeness (QED) is 0.521. The molecule has 2 aromatic rings. The zero-order valence-electron chi connectivity index (χ0n) is 13.4. The fourth-order valence-corrected chi connectivity index (χ4v) is 2.73. The zero-order chi connectivity index (χ0) is 17.8. The first-order valence-corrected chi connectivity index (χ1v) is 7.93. The highest BCUT2D eigenvalue weighted by Crippen LogP contribution is 2.27. The van der Waals surface area contributed by atoms with Gasteiger partial charge in [0.25, 0.3) is 5.91 Å². The van der Waals surface area contributed by atoms with Crippen molar-refractivity contribution in [2.75, 3.05) is 12.0 Å². The minimum Gasteiger partial charge on any atom is -0.494 e. The van der Waals surface area contributed by atoms with Gasteiger partial charge in [0.2, 0.25) is 5.91 Å². The van der Waals surface area contributed by atoms with Gasteiger partial charge in [-0.1, -0.05) is 30.3 Å². The van der Waals surface area contributed by atoms with Gasteiger partial charge in [-0.2, -0.15) is 0 Å². The number of methoxy groups -OCH3 is 1. The average molecular weight is 353 g/mol. The number of carbonyl (C=O) groups is 2. The predicted molar refractivity (Wildman–Crippen MR) is 99.3 cm³/mol. The van der Waals surface area contributed by atoms with Gasteiger partial charge >= 0.3 is 0 Å². The highest BCUT2D eigenvalue weighted by molar-refractivity contribution is 7.80. The molecule has 1 fully saturated rings. The molecule has 3 rings (SSSR count). The van der Waals surface area contributed by atoms with Crippen LogP contribution in [0.5, 0.6) is 5.75 Å². The molecule has 1 N–H and O–H groups in total. The molecule has 1 heterocycles. The molecule has 0 spiro atoms. The molecule has 0 radical (unpaired) electrons. The van der Waals surface area contributed by atoms with Gasteiger partial charge in [0.1, 0.15) is 11.4 Å². The molecule has 25 heavy (non-hydrogen) atoms. The van der Waals surface area contributed by atoms with Crippen molar-refractivity contribution in [3.05, 3.63) is 54.6 Å². The summed E-state index contributed by atoms with van der Waals surface area (Å²) in [6.07, 6.45) is 1.31. The molecule has 1 aliphatic heterocycles. The van der Waals surface area contributed by atoms with Crippen molar-refractivity contribution >= 4 is 46.7 Å². The maximum absolute atomic E-state index is 12.8. The Kier molecular flexibility index (Phi) is 4.85. The Balaban J connectivity index is 1.90. The van der Waals surface area contributed by atoms with E-state index < -0.39 is 17.7 Å². The lowest BCUT2D eigenvalue weighted by Crippen LogP contribution is -2.58. The van der Waals surface area contributed by atoms with E-state index in [4.69, 9.17) is 17.0 Å². The van der Waals surface area contributed by atoms with E-state index in [1.54, 1.807) is 42.5 Å². The molecule has 0 saturated carbocycles. The molecule has 1 atom stereocenters. The smallest absolute Gasteiger partial charge is 0.251 e. The summed E-state index contributed by atoms with van der Waals surface area (Å²) in [5.41, 5.74) is 1.12.